The third-order valence-corrected chi connectivity index (χ3v) is 5.46. The van der Waals surface area contributed by atoms with Gasteiger partial charge in [0.2, 0.25) is 0 Å². The number of imide groups is 1. The van der Waals surface area contributed by atoms with Gasteiger partial charge >= 0.3 is 5.97 Å². The molecule has 8 nitrogen and oxygen atoms in total. The Morgan fingerprint density at radius 2 is 1.59 bits per heavy atom. The van der Waals surface area contributed by atoms with Crippen LogP contribution in [0.3, 0.4) is 0 Å². The zero-order valence-corrected chi connectivity index (χ0v) is 17.9. The van der Waals surface area contributed by atoms with Crippen molar-refractivity contribution in [1.29, 1.82) is 5.26 Å². The fourth-order valence-electron chi connectivity index (χ4n) is 3.57. The molecule has 0 N–H and O–H groups in total. The van der Waals surface area contributed by atoms with E-state index in [2.05, 4.69) is 0 Å². The fraction of sp³-hybridized carbons (Fsp3) is 0.292. The lowest BCUT2D eigenvalue weighted by molar-refractivity contribution is -0.153. The maximum Gasteiger partial charge on any atom is 0.330 e. The van der Waals surface area contributed by atoms with E-state index >= 15 is 0 Å². The van der Waals surface area contributed by atoms with Crippen LogP contribution >= 0.6 is 0 Å². The number of esters is 1. The van der Waals surface area contributed by atoms with E-state index in [1.807, 2.05) is 13.0 Å². The van der Waals surface area contributed by atoms with Crippen molar-refractivity contribution in [2.45, 2.75) is 26.3 Å². The minimum Gasteiger partial charge on any atom is -0.454 e. The first-order valence-corrected chi connectivity index (χ1v) is 10.3. The summed E-state index contributed by atoms with van der Waals surface area (Å²) in [6.45, 7) is 2.74. The normalized spacial score (nSPS) is 14.3. The number of anilines is 1. The highest BCUT2D eigenvalue weighted by atomic mass is 16.5. The average Bonchev–Trinajstić information content (AvgIpc) is 3.07. The number of hydrogen-bond acceptors (Lipinski definition) is 6. The summed E-state index contributed by atoms with van der Waals surface area (Å²) < 4.78 is 5.26. The third kappa shape index (κ3) is 4.37. The number of rotatable bonds is 8. The Morgan fingerprint density at radius 1 is 1.03 bits per heavy atom. The smallest absolute Gasteiger partial charge is 0.330 e. The van der Waals surface area contributed by atoms with Crippen molar-refractivity contribution in [3.05, 3.63) is 65.7 Å². The molecule has 0 spiro atoms. The minimum absolute atomic E-state index is 0.215. The molecule has 3 rings (SSSR count). The molecule has 2 aromatic rings. The van der Waals surface area contributed by atoms with Crippen LogP contribution in [-0.2, 0) is 14.3 Å². The Balaban J connectivity index is 1.78. The van der Waals surface area contributed by atoms with E-state index in [4.69, 9.17) is 10.00 Å². The highest BCUT2D eigenvalue weighted by Crippen LogP contribution is 2.28. The molecule has 1 heterocycles. The first-order valence-electron chi connectivity index (χ1n) is 10.3. The predicted molar refractivity (Wildman–Crippen MR) is 116 cm³/mol. The molecule has 1 aliphatic heterocycles. The van der Waals surface area contributed by atoms with Crippen LogP contribution in [-0.4, -0.2) is 47.8 Å². The molecule has 0 saturated heterocycles. The number of ether oxygens (including phenoxy) is 1. The van der Waals surface area contributed by atoms with Crippen molar-refractivity contribution in [2.75, 3.05) is 18.1 Å². The maximum absolute atomic E-state index is 13.0. The van der Waals surface area contributed by atoms with Crippen molar-refractivity contribution < 1.29 is 23.9 Å². The van der Waals surface area contributed by atoms with E-state index in [1.165, 1.54) is 17.0 Å². The van der Waals surface area contributed by atoms with Crippen molar-refractivity contribution in [3.63, 3.8) is 0 Å². The number of fused-ring (bicyclic) bond motifs is 1. The van der Waals surface area contributed by atoms with Crippen LogP contribution in [0.5, 0.6) is 0 Å². The SMILES string of the molecule is CCC(C)C(C(=O)OCC(=O)N(CC#N)c1ccccc1)N1C(=O)c2ccccc2C1=O. The van der Waals surface area contributed by atoms with Gasteiger partial charge in [-0.25, -0.2) is 4.79 Å². The van der Waals surface area contributed by atoms with Crippen molar-refractivity contribution in [1.82, 2.24) is 4.90 Å². The number of carbonyl (C=O) groups excluding carboxylic acids is 4. The summed E-state index contributed by atoms with van der Waals surface area (Å²) in [6, 6.07) is 15.7. The monoisotopic (exact) mass is 433 g/mol. The van der Waals surface area contributed by atoms with Gasteiger partial charge in [-0.2, -0.15) is 5.26 Å². The second-order valence-electron chi connectivity index (χ2n) is 7.44. The highest BCUT2D eigenvalue weighted by Gasteiger charge is 2.45. The van der Waals surface area contributed by atoms with Gasteiger partial charge in [-0.15, -0.1) is 0 Å². The summed E-state index contributed by atoms with van der Waals surface area (Å²) in [5.74, 6) is -2.93. The van der Waals surface area contributed by atoms with Crippen LogP contribution in [0, 0.1) is 17.2 Å². The topological polar surface area (TPSA) is 108 Å². The highest BCUT2D eigenvalue weighted by molar-refractivity contribution is 6.22. The Hall–Kier alpha value is -3.99. The Morgan fingerprint density at radius 3 is 2.12 bits per heavy atom. The van der Waals surface area contributed by atoms with E-state index in [0.29, 0.717) is 12.1 Å². The van der Waals surface area contributed by atoms with Gasteiger partial charge < -0.3 is 4.74 Å². The van der Waals surface area contributed by atoms with E-state index < -0.39 is 36.3 Å². The summed E-state index contributed by atoms with van der Waals surface area (Å²) in [5.41, 5.74) is 0.965. The molecule has 2 atom stereocenters. The molecule has 0 saturated carbocycles. The molecule has 0 radical (unpaired) electrons. The second-order valence-corrected chi connectivity index (χ2v) is 7.44. The first-order chi connectivity index (χ1) is 15.4. The first kappa shape index (κ1) is 22.7. The van der Waals surface area contributed by atoms with Crippen LogP contribution in [0.1, 0.15) is 41.0 Å². The number of amides is 3. The van der Waals surface area contributed by atoms with Gasteiger partial charge in [-0.05, 0) is 30.2 Å². The van der Waals surface area contributed by atoms with Gasteiger partial charge in [0, 0.05) is 5.69 Å². The summed E-state index contributed by atoms with van der Waals surface area (Å²) >= 11 is 0. The molecule has 1 aliphatic rings. The zero-order valence-electron chi connectivity index (χ0n) is 17.9. The van der Waals surface area contributed by atoms with E-state index in [-0.39, 0.29) is 23.6 Å². The molecule has 0 bridgehead atoms. The molecule has 0 aromatic heterocycles. The lowest BCUT2D eigenvalue weighted by atomic mass is 9.97. The van der Waals surface area contributed by atoms with Crippen molar-refractivity contribution in [2.24, 2.45) is 5.92 Å². The van der Waals surface area contributed by atoms with Crippen LogP contribution in [0.2, 0.25) is 0 Å². The van der Waals surface area contributed by atoms with Gasteiger partial charge in [0.05, 0.1) is 17.2 Å². The lowest BCUT2D eigenvalue weighted by Gasteiger charge is -2.29. The van der Waals surface area contributed by atoms with E-state index in [9.17, 15) is 19.2 Å². The molecule has 2 unspecified atom stereocenters. The average molecular weight is 433 g/mol. The number of hydrogen-bond donors (Lipinski definition) is 0. The molecule has 164 valence electrons. The van der Waals surface area contributed by atoms with E-state index in [1.54, 1.807) is 49.4 Å². The molecule has 32 heavy (non-hydrogen) atoms. The Kier molecular flexibility index (Phi) is 7.00. The number of nitriles is 1. The number of carbonyl (C=O) groups is 4. The van der Waals surface area contributed by atoms with Gasteiger partial charge in [0.15, 0.2) is 6.61 Å². The molecule has 8 heteroatoms. The fourth-order valence-corrected chi connectivity index (χ4v) is 3.57. The summed E-state index contributed by atoms with van der Waals surface area (Å²) in [5, 5.41) is 9.07. The van der Waals surface area contributed by atoms with Crippen molar-refractivity contribution >= 4 is 29.4 Å². The molecule has 0 fully saturated rings. The summed E-state index contributed by atoms with van der Waals surface area (Å²) in [7, 11) is 0. The molecular weight excluding hydrogens is 410 g/mol. The quantitative estimate of drug-likeness (QED) is 0.360. The molecule has 3 amide bonds. The maximum atomic E-state index is 13.0. The number of nitrogens with zero attached hydrogens (tertiary/aromatic N) is 3. The lowest BCUT2D eigenvalue weighted by Crippen LogP contribution is -2.50. The molecule has 2 aromatic carbocycles. The molecule has 0 aliphatic carbocycles. The van der Waals surface area contributed by atoms with Gasteiger partial charge in [-0.3, -0.25) is 24.2 Å². The van der Waals surface area contributed by atoms with Crippen LogP contribution < -0.4 is 4.90 Å². The van der Waals surface area contributed by atoms with Crippen LogP contribution in [0.4, 0.5) is 5.69 Å². The Bertz CT molecular complexity index is 1040. The number of benzene rings is 2. The van der Waals surface area contributed by atoms with E-state index in [0.717, 1.165) is 4.90 Å². The van der Waals surface area contributed by atoms with Crippen LogP contribution in [0.15, 0.2) is 54.6 Å². The zero-order chi connectivity index (χ0) is 23.3. The van der Waals surface area contributed by atoms with Crippen LogP contribution in [0.25, 0.3) is 0 Å². The van der Waals surface area contributed by atoms with Crippen molar-refractivity contribution in [3.8, 4) is 6.07 Å². The predicted octanol–water partition coefficient (Wildman–Crippen LogP) is 2.80. The summed E-state index contributed by atoms with van der Waals surface area (Å²) in [4.78, 5) is 53.5. The molecular formula is C24H23N3O5. The minimum atomic E-state index is -1.17. The Labute approximate surface area is 186 Å². The van der Waals surface area contributed by atoms with Gasteiger partial charge in [-0.1, -0.05) is 50.6 Å². The third-order valence-electron chi connectivity index (χ3n) is 5.46. The van der Waals surface area contributed by atoms with Gasteiger partial charge in [0.1, 0.15) is 12.6 Å². The number of para-hydroxylation sites is 1. The second kappa shape index (κ2) is 9.88. The standard InChI is InChI=1S/C24H23N3O5/c1-3-16(2)21(27-22(29)18-11-7-8-12-19(18)23(27)30)24(31)32-15-20(28)26(14-13-25)17-9-5-4-6-10-17/h4-12,16,21H,3,14-15H2,1-2H3. The van der Waals surface area contributed by atoms with Gasteiger partial charge in [0.25, 0.3) is 17.7 Å². The summed E-state index contributed by atoms with van der Waals surface area (Å²) in [6.07, 6.45) is 0.506. The largest absolute Gasteiger partial charge is 0.454 e.